The van der Waals surface area contributed by atoms with E-state index in [2.05, 4.69) is 5.32 Å². The highest BCUT2D eigenvalue weighted by atomic mass is 32.1. The van der Waals surface area contributed by atoms with E-state index in [0.29, 0.717) is 40.6 Å². The Labute approximate surface area is 180 Å². The Morgan fingerprint density at radius 1 is 1.03 bits per heavy atom. The van der Waals surface area contributed by atoms with Crippen molar-refractivity contribution in [3.8, 4) is 0 Å². The molecular formula is C23H26N4O2S. The van der Waals surface area contributed by atoms with E-state index in [1.807, 2.05) is 45.0 Å². The minimum atomic E-state index is -0.236. The number of rotatable bonds is 6. The Morgan fingerprint density at radius 3 is 2.27 bits per heavy atom. The number of carbonyl (C=O) groups excluding carboxylic acids is 2. The van der Waals surface area contributed by atoms with Crippen LogP contribution in [0.4, 0.5) is 16.4 Å². The molecule has 0 aliphatic carbocycles. The van der Waals surface area contributed by atoms with Crippen molar-refractivity contribution in [2.75, 3.05) is 23.3 Å². The summed E-state index contributed by atoms with van der Waals surface area (Å²) in [5, 5.41) is 3.37. The zero-order valence-electron chi connectivity index (χ0n) is 17.4. The first kappa shape index (κ1) is 21.4. The van der Waals surface area contributed by atoms with Gasteiger partial charge >= 0.3 is 0 Å². The Balaban J connectivity index is 1.71. The van der Waals surface area contributed by atoms with Crippen molar-refractivity contribution in [1.29, 1.82) is 0 Å². The number of hydrogen-bond acceptors (Lipinski definition) is 5. The summed E-state index contributed by atoms with van der Waals surface area (Å²) >= 11 is 1.44. The molecule has 0 atom stereocenters. The largest absolute Gasteiger partial charge is 0.397 e. The number of benzene rings is 2. The predicted molar refractivity (Wildman–Crippen MR) is 124 cm³/mol. The van der Waals surface area contributed by atoms with Crippen LogP contribution in [0.3, 0.4) is 0 Å². The van der Waals surface area contributed by atoms with Crippen molar-refractivity contribution in [3.05, 3.63) is 75.7 Å². The van der Waals surface area contributed by atoms with Gasteiger partial charge in [-0.25, -0.2) is 0 Å². The molecule has 5 N–H and O–H groups in total. The van der Waals surface area contributed by atoms with Gasteiger partial charge in [0, 0.05) is 23.5 Å². The van der Waals surface area contributed by atoms with Crippen molar-refractivity contribution in [3.63, 3.8) is 0 Å². The first-order valence-electron chi connectivity index (χ1n) is 9.71. The predicted octanol–water partition coefficient (Wildman–Crippen LogP) is 4.44. The number of hydrogen-bond donors (Lipinski definition) is 3. The number of carbonyl (C=O) groups is 2. The van der Waals surface area contributed by atoms with E-state index in [1.54, 1.807) is 29.2 Å². The summed E-state index contributed by atoms with van der Waals surface area (Å²) in [4.78, 5) is 28.3. The summed E-state index contributed by atoms with van der Waals surface area (Å²) in [5.74, 6) is -0.307. The van der Waals surface area contributed by atoms with E-state index in [4.69, 9.17) is 11.5 Å². The maximum atomic E-state index is 13.0. The molecule has 2 aromatic carbocycles. The van der Waals surface area contributed by atoms with Gasteiger partial charge in [-0.2, -0.15) is 0 Å². The maximum Gasteiger partial charge on any atom is 0.257 e. The molecule has 0 bridgehead atoms. The van der Waals surface area contributed by atoms with Crippen LogP contribution in [0.2, 0.25) is 0 Å². The van der Waals surface area contributed by atoms with Gasteiger partial charge in [-0.15, -0.1) is 11.3 Å². The number of aryl methyl sites for hydroxylation is 1. The summed E-state index contributed by atoms with van der Waals surface area (Å²) in [6, 6.07) is 14.3. The van der Waals surface area contributed by atoms with Crippen molar-refractivity contribution in [2.45, 2.75) is 27.3 Å². The van der Waals surface area contributed by atoms with Gasteiger partial charge < -0.3 is 21.7 Å². The fourth-order valence-corrected chi connectivity index (χ4v) is 4.12. The first-order chi connectivity index (χ1) is 14.3. The lowest BCUT2D eigenvalue weighted by molar-refractivity contribution is 0.0753. The Kier molecular flexibility index (Phi) is 6.42. The number of nitrogens with two attached hydrogens (primary N) is 2. The van der Waals surface area contributed by atoms with Crippen LogP contribution in [0.5, 0.6) is 0 Å². The summed E-state index contributed by atoms with van der Waals surface area (Å²) in [6.45, 7) is 6.83. The minimum Gasteiger partial charge on any atom is -0.397 e. The molecule has 0 fully saturated rings. The highest BCUT2D eigenvalue weighted by molar-refractivity contribution is 7.16. The van der Waals surface area contributed by atoms with Crippen LogP contribution >= 0.6 is 11.3 Å². The number of nitrogens with one attached hydrogen (secondary N) is 1. The summed E-state index contributed by atoms with van der Waals surface area (Å²) in [5.41, 5.74) is 16.0. The number of anilines is 3. The van der Waals surface area contributed by atoms with Crippen molar-refractivity contribution >= 4 is 39.5 Å². The standard InChI is InChI=1S/C23H26N4O2S/c1-4-27(23(29)20-14(2)15(3)30-21(20)25)13-16-9-11-17(12-10-16)22(28)26-19-8-6-5-7-18(19)24/h5-12H,4,13,24-25H2,1-3H3,(H,26,28). The number of nitrogens with zero attached hydrogens (tertiary/aromatic N) is 1. The van der Waals surface area contributed by atoms with Gasteiger partial charge in [-0.05, 0) is 56.2 Å². The second kappa shape index (κ2) is 9.00. The molecule has 0 aliphatic heterocycles. The summed E-state index contributed by atoms with van der Waals surface area (Å²) < 4.78 is 0. The van der Waals surface area contributed by atoms with Gasteiger partial charge in [-0.1, -0.05) is 24.3 Å². The zero-order valence-corrected chi connectivity index (χ0v) is 18.2. The molecule has 0 saturated carbocycles. The molecule has 6 nitrogen and oxygen atoms in total. The normalized spacial score (nSPS) is 10.6. The van der Waals surface area contributed by atoms with Crippen molar-refractivity contribution in [2.24, 2.45) is 0 Å². The summed E-state index contributed by atoms with van der Waals surface area (Å²) in [7, 11) is 0. The van der Waals surface area contributed by atoms with Gasteiger partial charge in [-0.3, -0.25) is 9.59 Å². The first-order valence-corrected chi connectivity index (χ1v) is 10.5. The third-order valence-electron chi connectivity index (χ3n) is 5.09. The van der Waals surface area contributed by atoms with Crippen LogP contribution in [-0.2, 0) is 6.54 Å². The van der Waals surface area contributed by atoms with Crippen LogP contribution < -0.4 is 16.8 Å². The van der Waals surface area contributed by atoms with Gasteiger partial charge in [0.15, 0.2) is 0 Å². The topological polar surface area (TPSA) is 101 Å². The van der Waals surface area contributed by atoms with Gasteiger partial charge in [0.05, 0.1) is 21.9 Å². The average Bonchev–Trinajstić information content (AvgIpc) is 2.99. The number of amides is 2. The molecule has 1 heterocycles. The van der Waals surface area contributed by atoms with E-state index in [1.165, 1.54) is 11.3 Å². The molecule has 3 rings (SSSR count). The maximum absolute atomic E-state index is 13.0. The molecule has 7 heteroatoms. The van der Waals surface area contributed by atoms with Crippen LogP contribution in [0.15, 0.2) is 48.5 Å². The minimum absolute atomic E-state index is 0.0711. The Hall–Kier alpha value is -3.32. The molecule has 0 unspecified atom stereocenters. The quantitative estimate of drug-likeness (QED) is 0.511. The molecule has 0 saturated heterocycles. The van der Waals surface area contributed by atoms with E-state index in [0.717, 1.165) is 16.0 Å². The van der Waals surface area contributed by atoms with Gasteiger partial charge in [0.2, 0.25) is 0 Å². The summed E-state index contributed by atoms with van der Waals surface area (Å²) in [6.07, 6.45) is 0. The lowest BCUT2D eigenvalue weighted by Gasteiger charge is -2.21. The third kappa shape index (κ3) is 4.46. The molecule has 156 valence electrons. The van der Waals surface area contributed by atoms with E-state index < -0.39 is 0 Å². The SMILES string of the molecule is CCN(Cc1ccc(C(=O)Nc2ccccc2N)cc1)C(=O)c1c(N)sc(C)c1C. The number of thiophene rings is 1. The molecule has 2 amide bonds. The van der Waals surface area contributed by atoms with Gasteiger partial charge in [0.25, 0.3) is 11.8 Å². The molecule has 1 aromatic heterocycles. The van der Waals surface area contributed by atoms with Crippen LogP contribution in [0.1, 0.15) is 43.6 Å². The second-order valence-corrected chi connectivity index (χ2v) is 8.34. The number of nitrogen functional groups attached to an aromatic ring is 2. The van der Waals surface area contributed by atoms with Crippen LogP contribution in [0, 0.1) is 13.8 Å². The molecule has 3 aromatic rings. The monoisotopic (exact) mass is 422 g/mol. The van der Waals surface area contributed by atoms with Crippen LogP contribution in [-0.4, -0.2) is 23.3 Å². The van der Waals surface area contributed by atoms with E-state index >= 15 is 0 Å². The highest BCUT2D eigenvalue weighted by Crippen LogP contribution is 2.31. The van der Waals surface area contributed by atoms with E-state index in [-0.39, 0.29) is 11.8 Å². The highest BCUT2D eigenvalue weighted by Gasteiger charge is 2.22. The molecule has 0 spiro atoms. The Morgan fingerprint density at radius 2 is 1.70 bits per heavy atom. The molecule has 0 aliphatic rings. The van der Waals surface area contributed by atoms with Crippen LogP contribution in [0.25, 0.3) is 0 Å². The lowest BCUT2D eigenvalue weighted by atomic mass is 10.1. The second-order valence-electron chi connectivity index (χ2n) is 7.08. The lowest BCUT2D eigenvalue weighted by Crippen LogP contribution is -2.31. The fourth-order valence-electron chi connectivity index (χ4n) is 3.19. The van der Waals surface area contributed by atoms with Crippen molar-refractivity contribution < 1.29 is 9.59 Å². The van der Waals surface area contributed by atoms with Crippen molar-refractivity contribution in [1.82, 2.24) is 4.90 Å². The molecule has 0 radical (unpaired) electrons. The molecular weight excluding hydrogens is 396 g/mol. The Bertz CT molecular complexity index is 1070. The average molecular weight is 423 g/mol. The third-order valence-corrected chi connectivity index (χ3v) is 6.13. The molecule has 30 heavy (non-hydrogen) atoms. The zero-order chi connectivity index (χ0) is 21.8. The fraction of sp³-hybridized carbons (Fsp3) is 0.217. The van der Waals surface area contributed by atoms with Gasteiger partial charge in [0.1, 0.15) is 0 Å². The smallest absolute Gasteiger partial charge is 0.257 e. The van der Waals surface area contributed by atoms with E-state index in [9.17, 15) is 9.59 Å². The number of para-hydroxylation sites is 2.